The van der Waals surface area contributed by atoms with Crippen molar-refractivity contribution in [1.29, 1.82) is 0 Å². The summed E-state index contributed by atoms with van der Waals surface area (Å²) >= 11 is 0. The van der Waals surface area contributed by atoms with Gasteiger partial charge in [0.2, 0.25) is 0 Å². The van der Waals surface area contributed by atoms with Gasteiger partial charge in [-0.1, -0.05) is 36.4 Å². The Bertz CT molecular complexity index is 700. The van der Waals surface area contributed by atoms with Gasteiger partial charge in [-0.3, -0.25) is 9.59 Å². The predicted molar refractivity (Wildman–Crippen MR) is 95.4 cm³/mol. The molecule has 0 atom stereocenters. The van der Waals surface area contributed by atoms with Gasteiger partial charge in [-0.2, -0.15) is 0 Å². The molecule has 2 rings (SSSR count). The second-order valence-electron chi connectivity index (χ2n) is 5.67. The molecule has 1 amide bonds. The summed E-state index contributed by atoms with van der Waals surface area (Å²) in [6, 6.07) is 16.9. The van der Waals surface area contributed by atoms with Crippen molar-refractivity contribution < 1.29 is 19.1 Å². The summed E-state index contributed by atoms with van der Waals surface area (Å²) < 4.78 is 10.4. The Morgan fingerprint density at radius 1 is 1.00 bits per heavy atom. The molecule has 0 saturated heterocycles. The smallest absolute Gasteiger partial charge is 0.305 e. The lowest BCUT2D eigenvalue weighted by Crippen LogP contribution is -2.29. The lowest BCUT2D eigenvalue weighted by Gasteiger charge is -2.19. The maximum absolute atomic E-state index is 12.7. The molecule has 0 aliphatic heterocycles. The number of carbonyl (C=O) groups is 2. The summed E-state index contributed by atoms with van der Waals surface area (Å²) in [5, 5.41) is 0. The molecule has 25 heavy (non-hydrogen) atoms. The molecular formula is C20H23NO4. The van der Waals surface area contributed by atoms with Gasteiger partial charge >= 0.3 is 5.97 Å². The van der Waals surface area contributed by atoms with E-state index >= 15 is 0 Å². The van der Waals surface area contributed by atoms with Crippen LogP contribution in [0.2, 0.25) is 0 Å². The molecule has 0 bridgehead atoms. The topological polar surface area (TPSA) is 55.8 Å². The van der Waals surface area contributed by atoms with Crippen molar-refractivity contribution in [2.24, 2.45) is 0 Å². The first-order valence-corrected chi connectivity index (χ1v) is 8.20. The monoisotopic (exact) mass is 341 g/mol. The third-order valence-electron chi connectivity index (χ3n) is 3.83. The quantitative estimate of drug-likeness (QED) is 0.692. The standard InChI is InChI=1S/C20H23NO4/c1-21(14-8-13-19(22)24-2)20(23)18-12-7-6-9-16(18)15-25-17-10-4-3-5-11-17/h3-7,9-12H,8,13-15H2,1-2H3. The van der Waals surface area contributed by atoms with Crippen molar-refractivity contribution in [2.45, 2.75) is 19.4 Å². The van der Waals surface area contributed by atoms with Crippen LogP contribution in [0.4, 0.5) is 0 Å². The molecule has 5 heteroatoms. The first-order valence-electron chi connectivity index (χ1n) is 8.20. The highest BCUT2D eigenvalue weighted by atomic mass is 16.5. The van der Waals surface area contributed by atoms with Crippen LogP contribution < -0.4 is 4.74 Å². The van der Waals surface area contributed by atoms with Crippen molar-refractivity contribution in [2.75, 3.05) is 20.7 Å². The van der Waals surface area contributed by atoms with Gasteiger partial charge in [-0.25, -0.2) is 0 Å². The van der Waals surface area contributed by atoms with E-state index < -0.39 is 0 Å². The van der Waals surface area contributed by atoms with Gasteiger partial charge in [-0.15, -0.1) is 0 Å². The van der Waals surface area contributed by atoms with E-state index in [4.69, 9.17) is 4.74 Å². The minimum atomic E-state index is -0.266. The van der Waals surface area contributed by atoms with Gasteiger partial charge < -0.3 is 14.4 Å². The fraction of sp³-hybridized carbons (Fsp3) is 0.300. The minimum absolute atomic E-state index is 0.0860. The summed E-state index contributed by atoms with van der Waals surface area (Å²) in [5.74, 6) is 0.408. The second-order valence-corrected chi connectivity index (χ2v) is 5.67. The normalized spacial score (nSPS) is 10.2. The van der Waals surface area contributed by atoms with Gasteiger partial charge in [0.05, 0.1) is 7.11 Å². The molecule has 0 unspecified atom stereocenters. The number of benzene rings is 2. The Hall–Kier alpha value is -2.82. The first-order chi connectivity index (χ1) is 12.1. The van der Waals surface area contributed by atoms with Crippen LogP contribution in [0, 0.1) is 0 Å². The summed E-state index contributed by atoms with van der Waals surface area (Å²) in [6.45, 7) is 0.809. The molecular weight excluding hydrogens is 318 g/mol. The average Bonchev–Trinajstić information content (AvgIpc) is 2.66. The molecule has 5 nitrogen and oxygen atoms in total. The average molecular weight is 341 g/mol. The van der Waals surface area contributed by atoms with Gasteiger partial charge in [0.1, 0.15) is 12.4 Å². The molecule has 0 aliphatic carbocycles. The zero-order chi connectivity index (χ0) is 18.1. The highest BCUT2D eigenvalue weighted by molar-refractivity contribution is 5.95. The zero-order valence-electron chi connectivity index (χ0n) is 14.6. The van der Waals surface area contributed by atoms with E-state index in [0.29, 0.717) is 31.6 Å². The van der Waals surface area contributed by atoms with Crippen molar-refractivity contribution in [1.82, 2.24) is 4.90 Å². The number of amides is 1. The van der Waals surface area contributed by atoms with Gasteiger partial charge in [0, 0.05) is 31.1 Å². The lowest BCUT2D eigenvalue weighted by molar-refractivity contribution is -0.140. The van der Waals surface area contributed by atoms with Crippen LogP contribution in [0.3, 0.4) is 0 Å². The van der Waals surface area contributed by atoms with Crippen LogP contribution in [0.5, 0.6) is 5.75 Å². The maximum Gasteiger partial charge on any atom is 0.305 e. The van der Waals surface area contributed by atoms with Crippen molar-refractivity contribution in [3.05, 3.63) is 65.7 Å². The fourth-order valence-corrected chi connectivity index (χ4v) is 2.40. The molecule has 2 aromatic carbocycles. The summed E-state index contributed by atoms with van der Waals surface area (Å²) in [5.41, 5.74) is 1.44. The van der Waals surface area contributed by atoms with Gasteiger partial charge in [-0.05, 0) is 24.6 Å². The zero-order valence-corrected chi connectivity index (χ0v) is 14.6. The molecule has 0 aromatic heterocycles. The Labute approximate surface area is 148 Å². The van der Waals surface area contributed by atoms with Crippen LogP contribution in [-0.2, 0) is 16.1 Å². The number of ether oxygens (including phenoxy) is 2. The molecule has 2 aromatic rings. The second kappa shape index (κ2) is 9.47. The highest BCUT2D eigenvalue weighted by Crippen LogP contribution is 2.16. The summed E-state index contributed by atoms with van der Waals surface area (Å²) in [7, 11) is 3.09. The SMILES string of the molecule is COC(=O)CCCN(C)C(=O)c1ccccc1COc1ccccc1. The summed E-state index contributed by atoms with van der Waals surface area (Å²) in [4.78, 5) is 25.5. The van der Waals surface area contributed by atoms with Crippen LogP contribution in [0.15, 0.2) is 54.6 Å². The number of para-hydroxylation sites is 1. The lowest BCUT2D eigenvalue weighted by atomic mass is 10.1. The molecule has 0 spiro atoms. The molecule has 0 fully saturated rings. The van der Waals surface area contributed by atoms with E-state index in [-0.39, 0.29) is 11.9 Å². The summed E-state index contributed by atoms with van der Waals surface area (Å²) in [6.07, 6.45) is 0.866. The van der Waals surface area contributed by atoms with E-state index in [0.717, 1.165) is 11.3 Å². The Kier molecular flexibility index (Phi) is 7.01. The number of carbonyl (C=O) groups excluding carboxylic acids is 2. The fourth-order valence-electron chi connectivity index (χ4n) is 2.40. The maximum atomic E-state index is 12.7. The highest BCUT2D eigenvalue weighted by Gasteiger charge is 2.16. The number of methoxy groups -OCH3 is 1. The van der Waals surface area contributed by atoms with E-state index in [9.17, 15) is 9.59 Å². The largest absolute Gasteiger partial charge is 0.489 e. The van der Waals surface area contributed by atoms with E-state index in [1.165, 1.54) is 7.11 Å². The van der Waals surface area contributed by atoms with E-state index in [1.54, 1.807) is 18.0 Å². The van der Waals surface area contributed by atoms with Crippen molar-refractivity contribution in [3.8, 4) is 5.75 Å². The third kappa shape index (κ3) is 5.64. The first kappa shape index (κ1) is 18.5. The van der Waals surface area contributed by atoms with Gasteiger partial charge in [0.15, 0.2) is 0 Å². The van der Waals surface area contributed by atoms with E-state index in [1.807, 2.05) is 48.5 Å². The number of hydrogen-bond acceptors (Lipinski definition) is 4. The van der Waals surface area contributed by atoms with Crippen molar-refractivity contribution >= 4 is 11.9 Å². The molecule has 132 valence electrons. The molecule has 0 N–H and O–H groups in total. The predicted octanol–water partition coefficient (Wildman–Crippen LogP) is 3.29. The number of nitrogens with zero attached hydrogens (tertiary/aromatic N) is 1. The Morgan fingerprint density at radius 2 is 1.68 bits per heavy atom. The number of hydrogen-bond donors (Lipinski definition) is 0. The van der Waals surface area contributed by atoms with Crippen LogP contribution >= 0.6 is 0 Å². The molecule has 0 radical (unpaired) electrons. The van der Waals surface area contributed by atoms with Crippen LogP contribution in [-0.4, -0.2) is 37.5 Å². The number of rotatable bonds is 8. The minimum Gasteiger partial charge on any atom is -0.489 e. The Balaban J connectivity index is 1.98. The van der Waals surface area contributed by atoms with Crippen molar-refractivity contribution in [3.63, 3.8) is 0 Å². The van der Waals surface area contributed by atoms with Gasteiger partial charge in [0.25, 0.3) is 5.91 Å². The Morgan fingerprint density at radius 3 is 2.40 bits per heavy atom. The van der Waals surface area contributed by atoms with E-state index in [2.05, 4.69) is 4.74 Å². The molecule has 0 aliphatic rings. The number of esters is 1. The van der Waals surface area contributed by atoms with Crippen LogP contribution in [0.25, 0.3) is 0 Å². The van der Waals surface area contributed by atoms with Crippen LogP contribution in [0.1, 0.15) is 28.8 Å². The molecule has 0 saturated carbocycles. The third-order valence-corrected chi connectivity index (χ3v) is 3.83. The molecule has 0 heterocycles.